The highest BCUT2D eigenvalue weighted by Gasteiger charge is 2.44. The van der Waals surface area contributed by atoms with Gasteiger partial charge in [0.25, 0.3) is 0 Å². The van der Waals surface area contributed by atoms with Crippen LogP contribution in [-0.4, -0.2) is 13.1 Å². The van der Waals surface area contributed by atoms with Gasteiger partial charge in [0.2, 0.25) is 0 Å². The van der Waals surface area contributed by atoms with Crippen LogP contribution in [0.15, 0.2) is 209 Å². The normalized spacial score (nSPS) is 18.2. The Balaban J connectivity index is 1.16. The summed E-state index contributed by atoms with van der Waals surface area (Å²) in [5.41, 5.74) is 13.5. The fourth-order valence-electron chi connectivity index (χ4n) is 11.5. The fourth-order valence-corrected chi connectivity index (χ4v) is 12.6. The van der Waals surface area contributed by atoms with E-state index in [-0.39, 0.29) is 10.8 Å². The first kappa shape index (κ1) is 49.9. The maximum Gasteiger partial charge on any atom is 0.0457 e. The van der Waals surface area contributed by atoms with Crippen molar-refractivity contribution in [3.05, 3.63) is 232 Å². The minimum Gasteiger partial charge on any atom is -0.385 e. The van der Waals surface area contributed by atoms with E-state index in [1.54, 1.807) is 0 Å². The zero-order chi connectivity index (χ0) is 49.4. The van der Waals surface area contributed by atoms with E-state index in [0.717, 1.165) is 70.9 Å². The van der Waals surface area contributed by atoms with Crippen molar-refractivity contribution in [2.45, 2.75) is 122 Å². The van der Waals surface area contributed by atoms with E-state index in [1.807, 2.05) is 11.8 Å². The second-order valence-electron chi connectivity index (χ2n) is 21.7. The van der Waals surface area contributed by atoms with Crippen LogP contribution in [0.3, 0.4) is 0 Å². The monoisotopic (exact) mass is 953 g/mol. The van der Waals surface area contributed by atoms with Crippen molar-refractivity contribution in [1.82, 2.24) is 0 Å². The van der Waals surface area contributed by atoms with Crippen molar-refractivity contribution in [3.63, 3.8) is 0 Å². The number of thioether (sulfide) groups is 1. The predicted octanol–water partition coefficient (Wildman–Crippen LogP) is 18.6. The summed E-state index contributed by atoms with van der Waals surface area (Å²) in [5.74, 6) is 1.23. The third kappa shape index (κ3) is 11.4. The van der Waals surface area contributed by atoms with E-state index in [9.17, 15) is 0 Å². The number of allylic oxidation sites excluding steroid dienone is 7. The molecule has 2 unspecified atom stereocenters. The number of nitrogens with one attached hydrogen (secondary N) is 1. The second kappa shape index (κ2) is 22.6. The van der Waals surface area contributed by atoms with Crippen LogP contribution in [0.1, 0.15) is 115 Å². The van der Waals surface area contributed by atoms with Crippen molar-refractivity contribution in [1.29, 1.82) is 0 Å². The maximum atomic E-state index is 3.95. The molecule has 0 fully saturated rings. The molecule has 0 spiro atoms. The maximum absolute atomic E-state index is 3.95. The van der Waals surface area contributed by atoms with Gasteiger partial charge < -0.3 is 10.2 Å². The van der Waals surface area contributed by atoms with E-state index in [4.69, 9.17) is 0 Å². The van der Waals surface area contributed by atoms with Crippen LogP contribution in [0.25, 0.3) is 21.5 Å². The average molecular weight is 953 g/mol. The first-order valence-electron chi connectivity index (χ1n) is 26.7. The zero-order valence-electron chi connectivity index (χ0n) is 43.6. The van der Waals surface area contributed by atoms with Crippen molar-refractivity contribution in [2.24, 2.45) is 11.8 Å². The summed E-state index contributed by atoms with van der Waals surface area (Å²) >= 11 is 1.97. The lowest BCUT2D eigenvalue weighted by atomic mass is 9.72. The van der Waals surface area contributed by atoms with Gasteiger partial charge in [-0.3, -0.25) is 0 Å². The summed E-state index contributed by atoms with van der Waals surface area (Å²) in [7, 11) is 0. The summed E-state index contributed by atoms with van der Waals surface area (Å²) in [6.07, 6.45) is 19.5. The number of benzene rings is 7. The zero-order valence-corrected chi connectivity index (χ0v) is 44.4. The minimum absolute atomic E-state index is 0.176. The Morgan fingerprint density at radius 2 is 1.32 bits per heavy atom. The van der Waals surface area contributed by atoms with E-state index >= 15 is 0 Å². The van der Waals surface area contributed by atoms with Gasteiger partial charge in [-0.2, -0.15) is 0 Å². The summed E-state index contributed by atoms with van der Waals surface area (Å²) in [6, 6.07) is 59.2. The molecular weight excluding hydrogens is 877 g/mol. The SMILES string of the molecule is CCc1ccc(SC2=C(/C=C/CC(C)(Cc3ccccc3)c3c(NCCC(C)C)ccc4ccccc34)CCC/C2=C\C=C2\N(CCC(C)C)c3ccc4ccccc4c3C2(C)Cc2ccccc2)cc1. The van der Waals surface area contributed by atoms with E-state index < -0.39 is 0 Å². The van der Waals surface area contributed by atoms with Crippen LogP contribution < -0.4 is 10.2 Å². The molecule has 364 valence electrons. The van der Waals surface area contributed by atoms with Crippen LogP contribution in [0.4, 0.5) is 11.4 Å². The lowest BCUT2D eigenvalue weighted by Gasteiger charge is -2.33. The Kier molecular flexibility index (Phi) is 15.9. The van der Waals surface area contributed by atoms with Gasteiger partial charge in [-0.1, -0.05) is 205 Å². The molecule has 1 N–H and O–H groups in total. The van der Waals surface area contributed by atoms with E-state index in [2.05, 4.69) is 241 Å². The molecule has 9 rings (SSSR count). The number of aryl methyl sites for hydroxylation is 1. The highest BCUT2D eigenvalue weighted by Crippen LogP contribution is 2.53. The molecule has 3 heteroatoms. The molecule has 2 atom stereocenters. The fraction of sp³-hybridized carbons (Fsp3) is 0.324. The lowest BCUT2D eigenvalue weighted by Crippen LogP contribution is -2.31. The van der Waals surface area contributed by atoms with Gasteiger partial charge in [0.1, 0.15) is 0 Å². The summed E-state index contributed by atoms with van der Waals surface area (Å²) in [5, 5.41) is 9.28. The van der Waals surface area contributed by atoms with Crippen LogP contribution in [-0.2, 0) is 30.1 Å². The highest BCUT2D eigenvalue weighted by molar-refractivity contribution is 8.03. The summed E-state index contributed by atoms with van der Waals surface area (Å²) < 4.78 is 0. The van der Waals surface area contributed by atoms with Gasteiger partial charge in [0.15, 0.2) is 0 Å². The van der Waals surface area contributed by atoms with Gasteiger partial charge in [0.05, 0.1) is 0 Å². The molecule has 1 heterocycles. The molecule has 1 aliphatic carbocycles. The van der Waals surface area contributed by atoms with Gasteiger partial charge >= 0.3 is 0 Å². The first-order chi connectivity index (χ1) is 34.5. The molecule has 2 nitrogen and oxygen atoms in total. The van der Waals surface area contributed by atoms with Crippen LogP contribution in [0, 0.1) is 11.8 Å². The number of rotatable bonds is 19. The Morgan fingerprint density at radius 1 is 0.676 bits per heavy atom. The number of fused-ring (bicyclic) bond motifs is 4. The van der Waals surface area contributed by atoms with Crippen molar-refractivity contribution < 1.29 is 0 Å². The van der Waals surface area contributed by atoms with Crippen molar-refractivity contribution in [3.8, 4) is 0 Å². The molecular formula is C68H76N2S. The first-order valence-corrected chi connectivity index (χ1v) is 27.6. The molecule has 0 amide bonds. The van der Waals surface area contributed by atoms with Gasteiger partial charge in [-0.05, 0) is 167 Å². The third-order valence-electron chi connectivity index (χ3n) is 15.3. The highest BCUT2D eigenvalue weighted by atomic mass is 32.2. The van der Waals surface area contributed by atoms with Crippen molar-refractivity contribution >= 4 is 44.7 Å². The molecule has 0 aromatic heterocycles. The van der Waals surface area contributed by atoms with Gasteiger partial charge in [-0.25, -0.2) is 0 Å². The second-order valence-corrected chi connectivity index (χ2v) is 22.8. The number of hydrogen-bond acceptors (Lipinski definition) is 3. The Bertz CT molecular complexity index is 3050. The lowest BCUT2D eigenvalue weighted by molar-refractivity contribution is 0.480. The molecule has 7 aromatic rings. The number of hydrogen-bond donors (Lipinski definition) is 1. The summed E-state index contributed by atoms with van der Waals surface area (Å²) in [4.78, 5) is 5.41. The largest absolute Gasteiger partial charge is 0.385 e. The van der Waals surface area contributed by atoms with Gasteiger partial charge in [0, 0.05) is 50.8 Å². The summed E-state index contributed by atoms with van der Waals surface area (Å²) in [6.45, 7) is 18.6. The van der Waals surface area contributed by atoms with E-state index in [1.165, 1.54) is 87.4 Å². The van der Waals surface area contributed by atoms with E-state index in [0.29, 0.717) is 11.8 Å². The molecule has 1 aliphatic heterocycles. The molecule has 0 saturated carbocycles. The number of anilines is 2. The standard InChI is InChI=1S/C68H76N2S/c1-8-51-32-37-58(38-33-51)71-66-56(29-20-44-67(6,47-52-21-11-9-12-22-52)64-59-30-17-15-25-54(59)34-39-61(64)69-45-42-49(2)3)27-19-28-57(66)36-41-63-68(7,48-53-23-13-10-14-24-53)65-60-31-18-16-26-55(60)35-40-62(65)70(63)46-43-50(4)5/h9-18,20-26,29-41,49-50,69H,8,19,27-28,42-48H2,1-7H3/b29-20+,57-36+,63-41+. The Hall–Kier alpha value is -6.03. The van der Waals surface area contributed by atoms with Crippen LogP contribution in [0.2, 0.25) is 0 Å². The van der Waals surface area contributed by atoms with Crippen molar-refractivity contribution in [2.75, 3.05) is 23.3 Å². The molecule has 0 radical (unpaired) electrons. The Labute approximate surface area is 431 Å². The minimum atomic E-state index is -0.233. The predicted molar refractivity (Wildman–Crippen MR) is 310 cm³/mol. The Morgan fingerprint density at radius 3 is 2.03 bits per heavy atom. The average Bonchev–Trinajstić information content (AvgIpc) is 3.62. The molecule has 7 aromatic carbocycles. The smallest absolute Gasteiger partial charge is 0.0457 e. The molecule has 2 aliphatic rings. The topological polar surface area (TPSA) is 15.3 Å². The van der Waals surface area contributed by atoms with Crippen LogP contribution >= 0.6 is 11.8 Å². The number of nitrogens with zero attached hydrogens (tertiary/aromatic N) is 1. The van der Waals surface area contributed by atoms with Crippen LogP contribution in [0.5, 0.6) is 0 Å². The molecule has 0 saturated heterocycles. The third-order valence-corrected chi connectivity index (χ3v) is 16.5. The molecule has 71 heavy (non-hydrogen) atoms. The quantitative estimate of drug-likeness (QED) is 0.0870. The van der Waals surface area contributed by atoms with Gasteiger partial charge in [-0.15, -0.1) is 0 Å². The molecule has 0 bridgehead atoms.